The van der Waals surface area contributed by atoms with Crippen molar-refractivity contribution in [3.8, 4) is 0 Å². The van der Waals surface area contributed by atoms with Crippen LogP contribution in [0.2, 0.25) is 0 Å². The molecule has 0 N–H and O–H groups in total. The molecule has 34 heavy (non-hydrogen) atoms. The van der Waals surface area contributed by atoms with Crippen molar-refractivity contribution in [2.45, 2.75) is 72.0 Å². The lowest BCUT2D eigenvalue weighted by Gasteiger charge is -2.27. The Labute approximate surface area is 207 Å². The SMILES string of the molecule is CCCC(CC)/C(C)=N/N=C(\C)SCCCN1C[C@@H]2CCN(c3ccc(C(F)(F)F)cc3)[C@@H]2C1. The summed E-state index contributed by atoms with van der Waals surface area (Å²) in [6.07, 6.45) is 1.36. The third-order valence-corrected chi connectivity index (χ3v) is 8.14. The number of anilines is 1. The van der Waals surface area contributed by atoms with Crippen molar-refractivity contribution in [3.05, 3.63) is 29.8 Å². The summed E-state index contributed by atoms with van der Waals surface area (Å²) in [6.45, 7) is 12.6. The molecule has 2 saturated heterocycles. The van der Waals surface area contributed by atoms with Crippen LogP contribution in [0.5, 0.6) is 0 Å². The van der Waals surface area contributed by atoms with E-state index in [0.29, 0.717) is 17.9 Å². The standard InChI is InChI=1S/C26H39F3N4S/c1-5-8-21(6-2)19(3)30-31-20(4)34-16-7-14-32-17-22-13-15-33(25(22)18-32)24-11-9-23(10-12-24)26(27,28)29/h9-12,21-22,25H,5-8,13-18H2,1-4H3/b30-19+,31-20+/t21?,22-,25+/m0/s1. The van der Waals surface area contributed by atoms with Crippen molar-refractivity contribution >= 4 is 28.2 Å². The maximum atomic E-state index is 12.9. The minimum atomic E-state index is -4.28. The summed E-state index contributed by atoms with van der Waals surface area (Å²) in [6, 6.07) is 6.06. The third kappa shape index (κ3) is 7.23. The molecule has 3 atom stereocenters. The number of rotatable bonds is 10. The van der Waals surface area contributed by atoms with Crippen LogP contribution in [-0.2, 0) is 6.18 Å². The van der Waals surface area contributed by atoms with Crippen LogP contribution in [0.4, 0.5) is 18.9 Å². The van der Waals surface area contributed by atoms with Crippen LogP contribution in [0.15, 0.2) is 34.5 Å². The minimum absolute atomic E-state index is 0.402. The van der Waals surface area contributed by atoms with Gasteiger partial charge in [0, 0.05) is 42.8 Å². The largest absolute Gasteiger partial charge is 0.416 e. The fraction of sp³-hybridized carbons (Fsp3) is 0.692. The number of likely N-dealkylation sites (tertiary alicyclic amines) is 1. The van der Waals surface area contributed by atoms with Gasteiger partial charge < -0.3 is 9.80 Å². The first kappa shape index (κ1) is 27.1. The molecule has 2 aliphatic rings. The molecule has 8 heteroatoms. The summed E-state index contributed by atoms with van der Waals surface area (Å²) in [5.41, 5.74) is 1.46. The number of alkyl halides is 3. The zero-order valence-corrected chi connectivity index (χ0v) is 21.8. The lowest BCUT2D eigenvalue weighted by molar-refractivity contribution is -0.137. The zero-order chi connectivity index (χ0) is 24.7. The van der Waals surface area contributed by atoms with Crippen LogP contribution in [0, 0.1) is 11.8 Å². The number of fused-ring (bicyclic) bond motifs is 1. The second-order valence-corrected chi connectivity index (χ2v) is 10.9. The molecule has 2 aliphatic heterocycles. The van der Waals surface area contributed by atoms with Gasteiger partial charge in [0.1, 0.15) is 0 Å². The molecule has 190 valence electrons. The number of benzene rings is 1. The number of hydrogen-bond donors (Lipinski definition) is 0. The highest BCUT2D eigenvalue weighted by Crippen LogP contribution is 2.37. The van der Waals surface area contributed by atoms with Crippen molar-refractivity contribution in [1.82, 2.24) is 4.90 Å². The van der Waals surface area contributed by atoms with Gasteiger partial charge >= 0.3 is 6.18 Å². The van der Waals surface area contributed by atoms with E-state index in [0.717, 1.165) is 67.6 Å². The maximum absolute atomic E-state index is 12.9. The number of halogens is 3. The van der Waals surface area contributed by atoms with Gasteiger partial charge in [0.2, 0.25) is 0 Å². The van der Waals surface area contributed by atoms with E-state index >= 15 is 0 Å². The Balaban J connectivity index is 1.42. The second kappa shape index (κ2) is 12.4. The van der Waals surface area contributed by atoms with Gasteiger partial charge in [-0.2, -0.15) is 18.3 Å². The molecule has 0 spiro atoms. The molecule has 2 fully saturated rings. The smallest absolute Gasteiger partial charge is 0.367 e. The molecule has 0 bridgehead atoms. The fourth-order valence-electron chi connectivity index (χ4n) is 5.22. The van der Waals surface area contributed by atoms with Gasteiger partial charge in [-0.3, -0.25) is 0 Å². The van der Waals surface area contributed by atoms with Gasteiger partial charge in [0.15, 0.2) is 0 Å². The topological polar surface area (TPSA) is 31.2 Å². The molecule has 4 nitrogen and oxygen atoms in total. The van der Waals surface area contributed by atoms with Crippen molar-refractivity contribution < 1.29 is 13.2 Å². The van der Waals surface area contributed by atoms with E-state index in [4.69, 9.17) is 0 Å². The summed E-state index contributed by atoms with van der Waals surface area (Å²) in [5, 5.41) is 9.91. The first-order valence-corrected chi connectivity index (χ1v) is 13.6. The molecule has 1 aromatic carbocycles. The van der Waals surface area contributed by atoms with Gasteiger partial charge in [0.25, 0.3) is 0 Å². The molecule has 1 unspecified atom stereocenters. The van der Waals surface area contributed by atoms with Crippen molar-refractivity contribution in [2.24, 2.45) is 22.0 Å². The maximum Gasteiger partial charge on any atom is 0.416 e. The summed E-state index contributed by atoms with van der Waals surface area (Å²) in [7, 11) is 0. The first-order valence-electron chi connectivity index (χ1n) is 12.6. The van der Waals surface area contributed by atoms with E-state index in [9.17, 15) is 13.2 Å². The average molecular weight is 497 g/mol. The van der Waals surface area contributed by atoms with Gasteiger partial charge in [-0.25, -0.2) is 0 Å². The Kier molecular flexibility index (Phi) is 9.89. The lowest BCUT2D eigenvalue weighted by atomic mass is 9.96. The third-order valence-electron chi connectivity index (χ3n) is 7.15. The quantitative estimate of drug-likeness (QED) is 0.152. The van der Waals surface area contributed by atoms with E-state index in [-0.39, 0.29) is 0 Å². The van der Waals surface area contributed by atoms with Crippen LogP contribution < -0.4 is 4.90 Å². The first-order chi connectivity index (χ1) is 16.2. The highest BCUT2D eigenvalue weighted by molar-refractivity contribution is 8.13. The number of hydrogen-bond acceptors (Lipinski definition) is 5. The molecule has 2 heterocycles. The van der Waals surface area contributed by atoms with Crippen LogP contribution in [0.3, 0.4) is 0 Å². The summed E-state index contributed by atoms with van der Waals surface area (Å²) < 4.78 is 38.6. The molecule has 1 aromatic rings. The van der Waals surface area contributed by atoms with Crippen LogP contribution >= 0.6 is 11.8 Å². The lowest BCUT2D eigenvalue weighted by Crippen LogP contribution is -2.35. The van der Waals surface area contributed by atoms with E-state index in [2.05, 4.69) is 40.8 Å². The highest BCUT2D eigenvalue weighted by Gasteiger charge is 2.41. The van der Waals surface area contributed by atoms with E-state index < -0.39 is 11.7 Å². The zero-order valence-electron chi connectivity index (χ0n) is 20.9. The van der Waals surface area contributed by atoms with E-state index in [1.165, 1.54) is 25.0 Å². The molecular weight excluding hydrogens is 457 g/mol. The monoisotopic (exact) mass is 496 g/mol. The Hall–Kier alpha value is -1.54. The van der Waals surface area contributed by atoms with Crippen LogP contribution in [0.1, 0.15) is 65.4 Å². The molecule has 0 radical (unpaired) electrons. The number of thioether (sulfide) groups is 1. The molecule has 0 saturated carbocycles. The van der Waals surface area contributed by atoms with Crippen molar-refractivity contribution in [3.63, 3.8) is 0 Å². The fourth-order valence-corrected chi connectivity index (χ4v) is 5.89. The predicted octanol–water partition coefficient (Wildman–Crippen LogP) is 6.96. The normalized spacial score (nSPS) is 23.0. The Morgan fingerprint density at radius 3 is 2.50 bits per heavy atom. The Morgan fingerprint density at radius 2 is 1.85 bits per heavy atom. The summed E-state index contributed by atoms with van der Waals surface area (Å²) in [5.74, 6) is 2.15. The minimum Gasteiger partial charge on any atom is -0.367 e. The number of nitrogens with zero attached hydrogens (tertiary/aromatic N) is 4. The second-order valence-electron chi connectivity index (χ2n) is 9.57. The Bertz CT molecular complexity index is 837. The molecular formula is C26H39F3N4S. The van der Waals surface area contributed by atoms with Crippen molar-refractivity contribution in [2.75, 3.05) is 36.8 Å². The molecule has 0 aromatic heterocycles. The van der Waals surface area contributed by atoms with Gasteiger partial charge in [-0.1, -0.05) is 20.3 Å². The highest BCUT2D eigenvalue weighted by atomic mass is 32.2. The van der Waals surface area contributed by atoms with Gasteiger partial charge in [0.05, 0.1) is 10.6 Å². The summed E-state index contributed by atoms with van der Waals surface area (Å²) in [4.78, 5) is 4.82. The van der Waals surface area contributed by atoms with E-state index in [1.807, 2.05) is 6.92 Å². The van der Waals surface area contributed by atoms with Gasteiger partial charge in [-0.05, 0) is 82.2 Å². The van der Waals surface area contributed by atoms with Gasteiger partial charge in [-0.15, -0.1) is 16.9 Å². The molecule has 0 amide bonds. The molecule has 3 rings (SSSR count). The molecule has 0 aliphatic carbocycles. The average Bonchev–Trinajstić information content (AvgIpc) is 3.38. The predicted molar refractivity (Wildman–Crippen MR) is 139 cm³/mol. The Morgan fingerprint density at radius 1 is 1.12 bits per heavy atom. The van der Waals surface area contributed by atoms with E-state index in [1.54, 1.807) is 23.9 Å². The van der Waals surface area contributed by atoms with Crippen LogP contribution in [-0.4, -0.2) is 53.6 Å². The van der Waals surface area contributed by atoms with Crippen LogP contribution in [0.25, 0.3) is 0 Å². The van der Waals surface area contributed by atoms with Crippen molar-refractivity contribution in [1.29, 1.82) is 0 Å². The summed E-state index contributed by atoms with van der Waals surface area (Å²) >= 11 is 1.77.